The van der Waals surface area contributed by atoms with Crippen molar-refractivity contribution in [1.29, 1.82) is 0 Å². The first kappa shape index (κ1) is 22.7. The highest BCUT2D eigenvalue weighted by atomic mass is 19.1. The molecule has 0 bridgehead atoms. The van der Waals surface area contributed by atoms with Crippen molar-refractivity contribution in [2.45, 2.75) is 33.4 Å². The molecule has 3 aromatic rings. The van der Waals surface area contributed by atoms with Gasteiger partial charge in [0.15, 0.2) is 0 Å². The van der Waals surface area contributed by atoms with E-state index in [0.717, 1.165) is 6.20 Å². The number of aromatic nitrogens is 4. The summed E-state index contributed by atoms with van der Waals surface area (Å²) in [4.78, 5) is 58.1. The highest BCUT2D eigenvalue weighted by Crippen LogP contribution is 2.26. The lowest BCUT2D eigenvalue weighted by Crippen LogP contribution is -2.53. The third-order valence-corrected chi connectivity index (χ3v) is 6.40. The van der Waals surface area contributed by atoms with Crippen LogP contribution in [0.15, 0.2) is 29.2 Å². The average molecular weight is 481 g/mol. The van der Waals surface area contributed by atoms with Gasteiger partial charge in [0, 0.05) is 38.5 Å². The Balaban J connectivity index is 1.47. The molecule has 12 heteroatoms. The van der Waals surface area contributed by atoms with Crippen LogP contribution in [0.2, 0.25) is 0 Å². The van der Waals surface area contributed by atoms with Gasteiger partial charge < -0.3 is 19.7 Å². The number of carbonyl (C=O) groups excluding carboxylic acids is 3. The number of carbonyl (C=O) groups is 3. The van der Waals surface area contributed by atoms with Crippen LogP contribution < -0.4 is 10.9 Å². The van der Waals surface area contributed by atoms with Crippen molar-refractivity contribution in [3.63, 3.8) is 0 Å². The van der Waals surface area contributed by atoms with Crippen LogP contribution in [0.25, 0.3) is 5.65 Å². The number of likely N-dealkylation sites (tertiary alicyclic amines) is 1. The predicted octanol–water partition coefficient (Wildman–Crippen LogP) is 0.665. The summed E-state index contributed by atoms with van der Waals surface area (Å²) in [6, 6.07) is 4.21. The van der Waals surface area contributed by atoms with E-state index >= 15 is 0 Å². The Hall–Kier alpha value is -4.09. The zero-order valence-electron chi connectivity index (χ0n) is 19.3. The third-order valence-electron chi connectivity index (χ3n) is 6.40. The van der Waals surface area contributed by atoms with Gasteiger partial charge in [-0.25, -0.2) is 9.37 Å². The molecule has 5 heterocycles. The van der Waals surface area contributed by atoms with Gasteiger partial charge in [0.1, 0.15) is 29.5 Å². The molecular formula is C23H24FN7O4. The second kappa shape index (κ2) is 8.60. The lowest BCUT2D eigenvalue weighted by Gasteiger charge is -2.40. The Morgan fingerprint density at radius 2 is 2.00 bits per heavy atom. The van der Waals surface area contributed by atoms with Gasteiger partial charge in [0.25, 0.3) is 11.5 Å². The molecule has 35 heavy (non-hydrogen) atoms. The van der Waals surface area contributed by atoms with Crippen molar-refractivity contribution in [1.82, 2.24) is 29.0 Å². The summed E-state index contributed by atoms with van der Waals surface area (Å²) in [5, 5.41) is 6.95. The number of amides is 3. The Labute approximate surface area is 199 Å². The molecule has 3 aromatic heterocycles. The molecular weight excluding hydrogens is 457 g/mol. The summed E-state index contributed by atoms with van der Waals surface area (Å²) in [5.74, 6) is -1.07. The van der Waals surface area contributed by atoms with Crippen LogP contribution in [-0.2, 0) is 29.1 Å². The fraction of sp³-hybridized carbons (Fsp3) is 0.391. The normalized spacial score (nSPS) is 15.5. The van der Waals surface area contributed by atoms with Gasteiger partial charge in [-0.15, -0.1) is 0 Å². The summed E-state index contributed by atoms with van der Waals surface area (Å²) in [6.45, 7) is 4.79. The second-order valence-electron chi connectivity index (χ2n) is 8.86. The molecule has 1 N–H and O–H groups in total. The number of fused-ring (bicyclic) bond motifs is 2. The van der Waals surface area contributed by atoms with Gasteiger partial charge in [0.05, 0.1) is 24.0 Å². The van der Waals surface area contributed by atoms with E-state index in [2.05, 4.69) is 15.4 Å². The van der Waals surface area contributed by atoms with Gasteiger partial charge >= 0.3 is 0 Å². The largest absolute Gasteiger partial charge is 0.342 e. The minimum Gasteiger partial charge on any atom is -0.342 e. The quantitative estimate of drug-likeness (QED) is 0.552. The molecule has 3 amide bonds. The second-order valence-corrected chi connectivity index (χ2v) is 8.86. The van der Waals surface area contributed by atoms with Crippen molar-refractivity contribution in [2.75, 3.05) is 25.0 Å². The highest BCUT2D eigenvalue weighted by molar-refractivity contribution is 5.98. The van der Waals surface area contributed by atoms with Crippen LogP contribution in [0.3, 0.4) is 0 Å². The van der Waals surface area contributed by atoms with Gasteiger partial charge in [-0.3, -0.25) is 19.2 Å². The first-order valence-electron chi connectivity index (χ1n) is 11.4. The van der Waals surface area contributed by atoms with Crippen molar-refractivity contribution < 1.29 is 18.8 Å². The number of nitrogens with zero attached hydrogens (tertiary/aromatic N) is 6. The number of nitrogens with one attached hydrogen (secondary N) is 1. The Morgan fingerprint density at radius 3 is 2.66 bits per heavy atom. The van der Waals surface area contributed by atoms with Crippen LogP contribution in [0.4, 0.5) is 10.2 Å². The van der Waals surface area contributed by atoms with E-state index in [0.29, 0.717) is 37.4 Å². The number of hydrogen-bond donors (Lipinski definition) is 1. The van der Waals surface area contributed by atoms with E-state index in [1.807, 2.05) is 6.92 Å². The van der Waals surface area contributed by atoms with Gasteiger partial charge in [-0.05, 0) is 18.6 Å². The standard InChI is InChI=1S/C23H24FN7O4/c1-3-16-6-20-30(12-19(33)26-18-5-4-15(24)7-25-18)21-17(22(34)31(20)27-16)11-29(23(21)35)10-14-8-28(9-14)13(2)32/h4-7,14H,3,8-12H2,1-2H3,(H,25,26,33). The molecule has 1 fully saturated rings. The summed E-state index contributed by atoms with van der Waals surface area (Å²) >= 11 is 0. The molecule has 0 unspecified atom stereocenters. The maximum atomic E-state index is 13.4. The van der Waals surface area contributed by atoms with Crippen LogP contribution in [-0.4, -0.2) is 66.3 Å². The van der Waals surface area contributed by atoms with Gasteiger partial charge in [0.2, 0.25) is 11.8 Å². The van der Waals surface area contributed by atoms with Gasteiger partial charge in [-0.1, -0.05) is 6.92 Å². The van der Waals surface area contributed by atoms with E-state index in [-0.39, 0.29) is 53.5 Å². The van der Waals surface area contributed by atoms with Crippen LogP contribution >= 0.6 is 0 Å². The zero-order valence-corrected chi connectivity index (χ0v) is 19.3. The number of halogens is 1. The lowest BCUT2D eigenvalue weighted by molar-refractivity contribution is -0.135. The lowest BCUT2D eigenvalue weighted by atomic mass is 9.99. The van der Waals surface area contributed by atoms with E-state index in [4.69, 9.17) is 0 Å². The van der Waals surface area contributed by atoms with E-state index in [9.17, 15) is 23.6 Å². The molecule has 0 saturated carbocycles. The van der Waals surface area contributed by atoms with Crippen molar-refractivity contribution in [3.05, 3.63) is 57.5 Å². The molecule has 182 valence electrons. The molecule has 0 atom stereocenters. The van der Waals surface area contributed by atoms with E-state index < -0.39 is 11.7 Å². The van der Waals surface area contributed by atoms with E-state index in [1.165, 1.54) is 28.1 Å². The third kappa shape index (κ3) is 4.04. The Morgan fingerprint density at radius 1 is 1.23 bits per heavy atom. The predicted molar refractivity (Wildman–Crippen MR) is 122 cm³/mol. The minimum atomic E-state index is -0.530. The highest BCUT2D eigenvalue weighted by Gasteiger charge is 2.38. The number of rotatable bonds is 6. The average Bonchev–Trinajstić information content (AvgIpc) is 3.37. The topological polar surface area (TPSA) is 122 Å². The minimum absolute atomic E-state index is 0.00780. The summed E-state index contributed by atoms with van der Waals surface area (Å²) < 4.78 is 15.9. The SMILES string of the molecule is CCc1cc2n(CC(=O)Nc3ccc(F)cn3)c3c(c(=O)n2n1)CN(CC1CN(C(C)=O)C1)C3=O. The van der Waals surface area contributed by atoms with Crippen molar-refractivity contribution in [2.24, 2.45) is 5.92 Å². The first-order valence-corrected chi connectivity index (χ1v) is 11.4. The van der Waals surface area contributed by atoms with Crippen LogP contribution in [0.5, 0.6) is 0 Å². The molecule has 0 spiro atoms. The molecule has 0 aromatic carbocycles. The summed E-state index contributed by atoms with van der Waals surface area (Å²) in [6.07, 6.45) is 1.57. The molecule has 5 rings (SSSR count). The molecule has 1 saturated heterocycles. The fourth-order valence-electron chi connectivity index (χ4n) is 4.58. The monoisotopic (exact) mass is 481 g/mol. The Bertz CT molecular complexity index is 1410. The molecule has 0 radical (unpaired) electrons. The molecule has 11 nitrogen and oxygen atoms in total. The number of anilines is 1. The van der Waals surface area contributed by atoms with Crippen LogP contribution in [0, 0.1) is 11.7 Å². The van der Waals surface area contributed by atoms with Crippen LogP contribution in [0.1, 0.15) is 35.6 Å². The van der Waals surface area contributed by atoms with Crippen molar-refractivity contribution in [3.8, 4) is 0 Å². The number of aryl methyl sites for hydroxylation is 1. The number of hydrogen-bond acceptors (Lipinski definition) is 6. The molecule has 2 aliphatic rings. The van der Waals surface area contributed by atoms with Crippen molar-refractivity contribution >= 4 is 29.2 Å². The summed E-state index contributed by atoms with van der Waals surface area (Å²) in [7, 11) is 0. The fourth-order valence-corrected chi connectivity index (χ4v) is 4.58. The first-order chi connectivity index (χ1) is 16.7. The maximum absolute atomic E-state index is 13.4. The summed E-state index contributed by atoms with van der Waals surface area (Å²) in [5.41, 5.74) is 1.05. The van der Waals surface area contributed by atoms with E-state index in [1.54, 1.807) is 15.9 Å². The molecule has 2 aliphatic heterocycles. The number of pyridine rings is 1. The zero-order chi connectivity index (χ0) is 24.9. The smallest absolute Gasteiger partial charge is 0.280 e. The Kier molecular flexibility index (Phi) is 5.58. The maximum Gasteiger partial charge on any atom is 0.280 e. The van der Waals surface area contributed by atoms with Gasteiger partial charge in [-0.2, -0.15) is 9.61 Å². The molecule has 0 aliphatic carbocycles.